The normalized spacial score (nSPS) is 39.6. The Hall–Kier alpha value is -0.610. The fraction of sp³-hybridized carbons (Fsp3) is 0.900. The molecule has 0 saturated carbocycles. The van der Waals surface area contributed by atoms with E-state index in [1.165, 1.54) is 0 Å². The van der Waals surface area contributed by atoms with Gasteiger partial charge in [-0.3, -0.25) is 9.69 Å². The standard InChI is InChI=1S/C10H17N3O/c1-2-13-7-9(4-11-5-9)3-10(13)6-12-8(10)14/h11H,2-7H2,1H3,(H,12,14). The zero-order chi connectivity index (χ0) is 9.81. The highest BCUT2D eigenvalue weighted by atomic mass is 16.2. The molecule has 3 saturated heterocycles. The van der Waals surface area contributed by atoms with Crippen LogP contribution in [0.1, 0.15) is 13.3 Å². The third-order valence-electron chi connectivity index (χ3n) is 4.14. The molecule has 0 aromatic heterocycles. The maximum atomic E-state index is 11.7. The van der Waals surface area contributed by atoms with E-state index < -0.39 is 0 Å². The fourth-order valence-corrected chi connectivity index (χ4v) is 3.24. The molecule has 4 nitrogen and oxygen atoms in total. The molecule has 14 heavy (non-hydrogen) atoms. The predicted molar refractivity (Wildman–Crippen MR) is 52.9 cm³/mol. The third kappa shape index (κ3) is 0.834. The van der Waals surface area contributed by atoms with Gasteiger partial charge in [0.05, 0.1) is 0 Å². The second-order valence-electron chi connectivity index (χ2n) is 5.01. The lowest BCUT2D eigenvalue weighted by molar-refractivity contribution is -0.141. The van der Waals surface area contributed by atoms with E-state index in [2.05, 4.69) is 22.5 Å². The highest BCUT2D eigenvalue weighted by Crippen LogP contribution is 2.46. The van der Waals surface area contributed by atoms with Gasteiger partial charge in [0.25, 0.3) is 0 Å². The van der Waals surface area contributed by atoms with Crippen LogP contribution in [-0.2, 0) is 4.79 Å². The Morgan fingerprint density at radius 1 is 1.43 bits per heavy atom. The number of amides is 1. The summed E-state index contributed by atoms with van der Waals surface area (Å²) >= 11 is 0. The van der Waals surface area contributed by atoms with Crippen LogP contribution in [0.2, 0.25) is 0 Å². The minimum atomic E-state index is -0.128. The molecule has 0 radical (unpaired) electrons. The van der Waals surface area contributed by atoms with Gasteiger partial charge in [0, 0.05) is 31.6 Å². The van der Waals surface area contributed by atoms with E-state index in [1.54, 1.807) is 0 Å². The van der Waals surface area contributed by atoms with Crippen molar-refractivity contribution in [2.45, 2.75) is 18.9 Å². The molecule has 3 aliphatic heterocycles. The van der Waals surface area contributed by atoms with Crippen LogP contribution in [0.3, 0.4) is 0 Å². The highest BCUT2D eigenvalue weighted by Gasteiger charge is 2.62. The summed E-state index contributed by atoms with van der Waals surface area (Å²) in [4.78, 5) is 14.0. The third-order valence-corrected chi connectivity index (χ3v) is 4.14. The van der Waals surface area contributed by atoms with Gasteiger partial charge in [-0.1, -0.05) is 6.92 Å². The van der Waals surface area contributed by atoms with Crippen molar-refractivity contribution < 1.29 is 4.79 Å². The monoisotopic (exact) mass is 195 g/mol. The molecule has 2 N–H and O–H groups in total. The second kappa shape index (κ2) is 2.49. The van der Waals surface area contributed by atoms with E-state index >= 15 is 0 Å². The van der Waals surface area contributed by atoms with Gasteiger partial charge >= 0.3 is 0 Å². The van der Waals surface area contributed by atoms with Crippen molar-refractivity contribution in [1.82, 2.24) is 15.5 Å². The van der Waals surface area contributed by atoms with Crippen LogP contribution in [-0.4, -0.2) is 49.1 Å². The Labute approximate surface area is 84.0 Å². The Morgan fingerprint density at radius 2 is 2.21 bits per heavy atom. The zero-order valence-electron chi connectivity index (χ0n) is 8.60. The lowest BCUT2D eigenvalue weighted by atomic mass is 9.74. The maximum Gasteiger partial charge on any atom is 0.242 e. The quantitative estimate of drug-likeness (QED) is 0.537. The first-order chi connectivity index (χ1) is 6.71. The number of nitrogens with one attached hydrogen (secondary N) is 2. The number of carbonyl (C=O) groups excluding carboxylic acids is 1. The van der Waals surface area contributed by atoms with Gasteiger partial charge < -0.3 is 10.6 Å². The van der Waals surface area contributed by atoms with Gasteiger partial charge in [0.15, 0.2) is 0 Å². The molecule has 1 atom stereocenters. The van der Waals surface area contributed by atoms with E-state index in [4.69, 9.17) is 0 Å². The Kier molecular flexibility index (Phi) is 1.55. The van der Waals surface area contributed by atoms with E-state index in [9.17, 15) is 4.79 Å². The molecule has 2 spiro atoms. The highest BCUT2D eigenvalue weighted by molar-refractivity contribution is 5.93. The number of rotatable bonds is 1. The lowest BCUT2D eigenvalue weighted by Gasteiger charge is -2.44. The van der Waals surface area contributed by atoms with E-state index in [-0.39, 0.29) is 11.4 Å². The van der Waals surface area contributed by atoms with Crippen molar-refractivity contribution in [3.8, 4) is 0 Å². The summed E-state index contributed by atoms with van der Waals surface area (Å²) in [6.07, 6.45) is 1.06. The van der Waals surface area contributed by atoms with Gasteiger partial charge in [0.1, 0.15) is 5.54 Å². The average Bonchev–Trinajstić information content (AvgIpc) is 2.52. The minimum absolute atomic E-state index is 0.128. The molecule has 3 rings (SSSR count). The molecule has 78 valence electrons. The fourth-order valence-electron chi connectivity index (χ4n) is 3.24. The van der Waals surface area contributed by atoms with Crippen molar-refractivity contribution in [3.05, 3.63) is 0 Å². The first-order valence-electron chi connectivity index (χ1n) is 5.45. The summed E-state index contributed by atoms with van der Waals surface area (Å²) < 4.78 is 0. The second-order valence-corrected chi connectivity index (χ2v) is 5.01. The smallest absolute Gasteiger partial charge is 0.242 e. The maximum absolute atomic E-state index is 11.7. The number of hydrogen-bond donors (Lipinski definition) is 2. The predicted octanol–water partition coefficient (Wildman–Crippen LogP) is -0.830. The number of carbonyl (C=O) groups is 1. The molecule has 0 aromatic rings. The molecule has 4 heteroatoms. The van der Waals surface area contributed by atoms with Gasteiger partial charge in [-0.2, -0.15) is 0 Å². The summed E-state index contributed by atoms with van der Waals surface area (Å²) in [6.45, 7) is 7.30. The van der Waals surface area contributed by atoms with Crippen LogP contribution in [0, 0.1) is 5.41 Å². The van der Waals surface area contributed by atoms with Crippen LogP contribution in [0.5, 0.6) is 0 Å². The SMILES string of the molecule is CCN1CC2(CNC2)CC12CNC2=O. The number of β-lactam (4-membered cyclic amide) rings is 1. The van der Waals surface area contributed by atoms with Gasteiger partial charge in [-0.15, -0.1) is 0 Å². The topological polar surface area (TPSA) is 44.4 Å². The Morgan fingerprint density at radius 3 is 2.50 bits per heavy atom. The number of nitrogens with zero attached hydrogens (tertiary/aromatic N) is 1. The molecule has 3 heterocycles. The minimum Gasteiger partial charge on any atom is -0.352 e. The first kappa shape index (κ1) is 8.68. The van der Waals surface area contributed by atoms with E-state index in [0.29, 0.717) is 5.41 Å². The van der Waals surface area contributed by atoms with Crippen molar-refractivity contribution in [2.75, 3.05) is 32.7 Å². The molecule has 0 bridgehead atoms. The molecule has 3 fully saturated rings. The van der Waals surface area contributed by atoms with Crippen LogP contribution in [0.15, 0.2) is 0 Å². The molecule has 0 aromatic carbocycles. The van der Waals surface area contributed by atoms with Crippen molar-refractivity contribution in [2.24, 2.45) is 5.41 Å². The molecular formula is C10H17N3O. The van der Waals surface area contributed by atoms with Crippen molar-refractivity contribution in [1.29, 1.82) is 0 Å². The van der Waals surface area contributed by atoms with E-state index in [1.807, 2.05) is 0 Å². The molecule has 3 aliphatic rings. The van der Waals surface area contributed by atoms with Gasteiger partial charge in [-0.25, -0.2) is 0 Å². The largest absolute Gasteiger partial charge is 0.352 e. The molecule has 0 aliphatic carbocycles. The van der Waals surface area contributed by atoms with Crippen molar-refractivity contribution >= 4 is 5.91 Å². The van der Waals surface area contributed by atoms with Crippen LogP contribution < -0.4 is 10.6 Å². The summed E-state index contributed by atoms with van der Waals surface area (Å²) in [6, 6.07) is 0. The summed E-state index contributed by atoms with van der Waals surface area (Å²) in [7, 11) is 0. The number of likely N-dealkylation sites (tertiary alicyclic amines) is 1. The molecular weight excluding hydrogens is 178 g/mol. The summed E-state index contributed by atoms with van der Waals surface area (Å²) in [5, 5.41) is 6.22. The number of hydrogen-bond acceptors (Lipinski definition) is 3. The van der Waals surface area contributed by atoms with Crippen molar-refractivity contribution in [3.63, 3.8) is 0 Å². The molecule has 1 amide bonds. The molecule has 1 unspecified atom stereocenters. The van der Waals surface area contributed by atoms with Crippen LogP contribution >= 0.6 is 0 Å². The van der Waals surface area contributed by atoms with Crippen LogP contribution in [0.4, 0.5) is 0 Å². The summed E-state index contributed by atoms with van der Waals surface area (Å²) in [5.74, 6) is 0.253. The van der Waals surface area contributed by atoms with E-state index in [0.717, 1.165) is 39.1 Å². The number of likely N-dealkylation sites (N-methyl/N-ethyl adjacent to an activating group) is 1. The zero-order valence-corrected chi connectivity index (χ0v) is 8.60. The lowest BCUT2D eigenvalue weighted by Crippen LogP contribution is -2.70. The van der Waals surface area contributed by atoms with Crippen LogP contribution in [0.25, 0.3) is 0 Å². The van der Waals surface area contributed by atoms with Gasteiger partial charge in [0.2, 0.25) is 5.91 Å². The summed E-state index contributed by atoms with van der Waals surface area (Å²) in [5.41, 5.74) is 0.282. The van der Waals surface area contributed by atoms with Gasteiger partial charge in [-0.05, 0) is 13.0 Å². The first-order valence-corrected chi connectivity index (χ1v) is 5.45. The average molecular weight is 195 g/mol. The Bertz CT molecular complexity index is 287. The Balaban J connectivity index is 1.87.